The van der Waals surface area contributed by atoms with Crippen LogP contribution in [0.2, 0.25) is 0 Å². The minimum Gasteiger partial charge on any atom is -0.0628 e. The summed E-state index contributed by atoms with van der Waals surface area (Å²) in [4.78, 5) is 0. The topological polar surface area (TPSA) is 0 Å². The first-order valence-electron chi connectivity index (χ1n) is 10.5. The van der Waals surface area contributed by atoms with Gasteiger partial charge >= 0.3 is 0 Å². The Morgan fingerprint density at radius 3 is 1.65 bits per heavy atom. The van der Waals surface area contributed by atoms with Crippen LogP contribution in [0.3, 0.4) is 0 Å². The van der Waals surface area contributed by atoms with Gasteiger partial charge in [0.1, 0.15) is 0 Å². The second-order valence-electron chi connectivity index (χ2n) is 10.4. The lowest BCUT2D eigenvalue weighted by Crippen LogP contribution is -2.14. The first-order chi connectivity index (χ1) is 10.5. The van der Waals surface area contributed by atoms with E-state index in [1.807, 2.05) is 0 Å². The van der Waals surface area contributed by atoms with Crippen LogP contribution in [0.15, 0.2) is 0 Å². The summed E-state index contributed by atoms with van der Waals surface area (Å²) in [5.74, 6) is 4.45. The highest BCUT2D eigenvalue weighted by molar-refractivity contribution is 4.69. The first-order valence-corrected chi connectivity index (χ1v) is 10.5. The SMILES string of the molecule is CC(C)CCCC(C)CC(C)CCC(C)C(C)CCC(C)(C)C. The molecule has 0 radical (unpaired) electrons. The molecule has 0 rings (SSSR count). The van der Waals surface area contributed by atoms with Gasteiger partial charge in [0.05, 0.1) is 0 Å². The number of hydrogen-bond donors (Lipinski definition) is 0. The molecule has 0 heteroatoms. The molecule has 0 N–H and O–H groups in total. The second-order valence-corrected chi connectivity index (χ2v) is 10.4. The fourth-order valence-corrected chi connectivity index (χ4v) is 3.57. The van der Waals surface area contributed by atoms with E-state index in [9.17, 15) is 0 Å². The van der Waals surface area contributed by atoms with Gasteiger partial charge in [-0.1, -0.05) is 94.4 Å². The summed E-state index contributed by atoms with van der Waals surface area (Å²) in [7, 11) is 0. The first kappa shape index (κ1) is 23.0. The van der Waals surface area contributed by atoms with E-state index in [2.05, 4.69) is 62.3 Å². The molecule has 0 saturated carbocycles. The van der Waals surface area contributed by atoms with E-state index < -0.39 is 0 Å². The maximum Gasteiger partial charge on any atom is -0.0383 e. The molecule has 0 bridgehead atoms. The molecule has 0 amide bonds. The van der Waals surface area contributed by atoms with Crippen molar-refractivity contribution in [2.24, 2.45) is 35.0 Å². The van der Waals surface area contributed by atoms with Gasteiger partial charge in [0.25, 0.3) is 0 Å². The summed E-state index contributed by atoms with van der Waals surface area (Å²) >= 11 is 0. The fourth-order valence-electron chi connectivity index (χ4n) is 3.57. The Bertz CT molecular complexity index is 270. The summed E-state index contributed by atoms with van der Waals surface area (Å²) in [5, 5.41) is 0. The van der Waals surface area contributed by atoms with Crippen LogP contribution in [0.1, 0.15) is 114 Å². The highest BCUT2D eigenvalue weighted by atomic mass is 14.2. The summed E-state index contributed by atoms with van der Waals surface area (Å²) in [6.07, 6.45) is 11.3. The Labute approximate surface area is 149 Å². The third-order valence-corrected chi connectivity index (χ3v) is 5.72. The summed E-state index contributed by atoms with van der Waals surface area (Å²) in [6, 6.07) is 0. The Morgan fingerprint density at radius 1 is 0.609 bits per heavy atom. The molecule has 0 heterocycles. The van der Waals surface area contributed by atoms with Gasteiger partial charge in [-0.2, -0.15) is 0 Å². The number of hydrogen-bond acceptors (Lipinski definition) is 0. The Kier molecular flexibility index (Phi) is 11.5. The molecule has 0 aromatic rings. The van der Waals surface area contributed by atoms with Crippen LogP contribution in [0.4, 0.5) is 0 Å². The largest absolute Gasteiger partial charge is 0.0628 e. The lowest BCUT2D eigenvalue weighted by atomic mass is 9.80. The van der Waals surface area contributed by atoms with Gasteiger partial charge in [0.2, 0.25) is 0 Å². The zero-order valence-electron chi connectivity index (χ0n) is 18.0. The van der Waals surface area contributed by atoms with Gasteiger partial charge < -0.3 is 0 Å². The molecule has 0 spiro atoms. The third-order valence-electron chi connectivity index (χ3n) is 5.72. The molecular weight excluding hydrogens is 276 g/mol. The van der Waals surface area contributed by atoms with E-state index in [4.69, 9.17) is 0 Å². The molecule has 0 aliphatic rings. The molecule has 140 valence electrons. The average molecular weight is 325 g/mol. The fraction of sp³-hybridized carbons (Fsp3) is 1.00. The van der Waals surface area contributed by atoms with Crippen molar-refractivity contribution in [1.82, 2.24) is 0 Å². The van der Waals surface area contributed by atoms with E-state index in [1.54, 1.807) is 0 Å². The van der Waals surface area contributed by atoms with Crippen LogP contribution in [-0.4, -0.2) is 0 Å². The third kappa shape index (κ3) is 14.1. The second kappa shape index (κ2) is 11.5. The van der Waals surface area contributed by atoms with Gasteiger partial charge in [0.15, 0.2) is 0 Å². The predicted octanol–water partition coefficient (Wildman–Crippen LogP) is 8.35. The summed E-state index contributed by atoms with van der Waals surface area (Å²) in [6.45, 7) is 21.7. The standard InChI is InChI=1S/C23H48/c1-18(2)11-10-12-19(3)17-20(4)13-14-21(5)22(6)15-16-23(7,8)9/h18-22H,10-17H2,1-9H3. The molecule has 4 atom stereocenters. The van der Waals surface area contributed by atoms with E-state index in [-0.39, 0.29) is 0 Å². The van der Waals surface area contributed by atoms with Gasteiger partial charge in [-0.05, 0) is 54.3 Å². The Hall–Kier alpha value is 0. The molecule has 0 aliphatic heterocycles. The lowest BCUT2D eigenvalue weighted by Gasteiger charge is -2.26. The van der Waals surface area contributed by atoms with Crippen molar-refractivity contribution >= 4 is 0 Å². The van der Waals surface area contributed by atoms with Crippen molar-refractivity contribution in [2.45, 2.75) is 114 Å². The normalized spacial score (nSPS) is 18.0. The maximum atomic E-state index is 2.48. The van der Waals surface area contributed by atoms with Crippen molar-refractivity contribution in [3.63, 3.8) is 0 Å². The van der Waals surface area contributed by atoms with E-state index in [0.717, 1.165) is 29.6 Å². The molecule has 4 unspecified atom stereocenters. The van der Waals surface area contributed by atoms with Crippen LogP contribution in [0.5, 0.6) is 0 Å². The summed E-state index contributed by atoms with van der Waals surface area (Å²) < 4.78 is 0. The molecule has 23 heavy (non-hydrogen) atoms. The van der Waals surface area contributed by atoms with Crippen LogP contribution in [0, 0.1) is 35.0 Å². The lowest BCUT2D eigenvalue weighted by molar-refractivity contribution is 0.257. The molecule has 0 saturated heterocycles. The van der Waals surface area contributed by atoms with Crippen LogP contribution in [-0.2, 0) is 0 Å². The quantitative estimate of drug-likeness (QED) is 0.338. The van der Waals surface area contributed by atoms with Crippen LogP contribution >= 0.6 is 0 Å². The van der Waals surface area contributed by atoms with Crippen molar-refractivity contribution in [3.8, 4) is 0 Å². The predicted molar refractivity (Wildman–Crippen MR) is 108 cm³/mol. The minimum atomic E-state index is 0.493. The van der Waals surface area contributed by atoms with Crippen molar-refractivity contribution in [3.05, 3.63) is 0 Å². The van der Waals surface area contributed by atoms with Gasteiger partial charge in [-0.3, -0.25) is 0 Å². The summed E-state index contributed by atoms with van der Waals surface area (Å²) in [5.41, 5.74) is 0.493. The van der Waals surface area contributed by atoms with Gasteiger partial charge in [-0.15, -0.1) is 0 Å². The zero-order chi connectivity index (χ0) is 18.0. The maximum absolute atomic E-state index is 2.48. The van der Waals surface area contributed by atoms with Crippen LogP contribution in [0.25, 0.3) is 0 Å². The molecule has 0 aliphatic carbocycles. The molecule has 0 aromatic carbocycles. The zero-order valence-corrected chi connectivity index (χ0v) is 18.0. The van der Waals surface area contributed by atoms with Crippen LogP contribution < -0.4 is 0 Å². The van der Waals surface area contributed by atoms with Crippen molar-refractivity contribution < 1.29 is 0 Å². The smallest absolute Gasteiger partial charge is 0.0383 e. The van der Waals surface area contributed by atoms with E-state index in [0.29, 0.717) is 5.41 Å². The van der Waals surface area contributed by atoms with E-state index >= 15 is 0 Å². The minimum absolute atomic E-state index is 0.493. The Morgan fingerprint density at radius 2 is 1.13 bits per heavy atom. The monoisotopic (exact) mass is 324 g/mol. The number of rotatable bonds is 12. The highest BCUT2D eigenvalue weighted by Gasteiger charge is 2.18. The molecule has 0 nitrogen and oxygen atoms in total. The van der Waals surface area contributed by atoms with E-state index in [1.165, 1.54) is 51.4 Å². The molecule has 0 fully saturated rings. The Balaban J connectivity index is 3.87. The molecule has 0 aromatic heterocycles. The van der Waals surface area contributed by atoms with Crippen molar-refractivity contribution in [1.29, 1.82) is 0 Å². The average Bonchev–Trinajstić information content (AvgIpc) is 2.40. The van der Waals surface area contributed by atoms with Gasteiger partial charge in [-0.25, -0.2) is 0 Å². The van der Waals surface area contributed by atoms with Crippen molar-refractivity contribution in [2.75, 3.05) is 0 Å². The van der Waals surface area contributed by atoms with Gasteiger partial charge in [0, 0.05) is 0 Å². The highest BCUT2D eigenvalue weighted by Crippen LogP contribution is 2.30. The molecular formula is C23H48.